The van der Waals surface area contributed by atoms with Gasteiger partial charge in [0.25, 0.3) is 0 Å². The average Bonchev–Trinajstić information content (AvgIpc) is 2.59. The second-order valence-electron chi connectivity index (χ2n) is 5.66. The third kappa shape index (κ3) is 6.94. The Kier molecular flexibility index (Phi) is 6.74. The Morgan fingerprint density at radius 3 is 2.15 bits per heavy atom. The number of hydrogen-bond acceptors (Lipinski definition) is 5. The third-order valence-corrected chi connectivity index (χ3v) is 4.86. The van der Waals surface area contributed by atoms with E-state index >= 15 is 0 Å². The molecule has 0 radical (unpaired) electrons. The van der Waals surface area contributed by atoms with E-state index in [1.165, 1.54) is 0 Å². The van der Waals surface area contributed by atoms with Gasteiger partial charge >= 0.3 is 12.1 Å². The summed E-state index contributed by atoms with van der Waals surface area (Å²) in [7, 11) is -3.70. The van der Waals surface area contributed by atoms with Gasteiger partial charge in [-0.3, -0.25) is 4.79 Å². The molecule has 138 valence electrons. The summed E-state index contributed by atoms with van der Waals surface area (Å²) in [6, 6.07) is 15.8. The second kappa shape index (κ2) is 9.00. The standard InChI is InChI=1S/C18H19NO6S/c20-17(21)13-26(23,24)12-16-8-6-14(7-9-16)10-19-18(22)25-11-15-4-2-1-3-5-15/h1-9H,10-13H2,(H,19,22)(H,20,21). The lowest BCUT2D eigenvalue weighted by molar-refractivity contribution is -0.134. The van der Waals surface area contributed by atoms with Gasteiger partial charge in [0.15, 0.2) is 9.84 Å². The molecule has 2 N–H and O–H groups in total. The van der Waals surface area contributed by atoms with Gasteiger partial charge < -0.3 is 15.2 Å². The lowest BCUT2D eigenvalue weighted by Crippen LogP contribution is -2.23. The van der Waals surface area contributed by atoms with Crippen molar-refractivity contribution in [3.05, 3.63) is 71.3 Å². The SMILES string of the molecule is O=C(O)CS(=O)(=O)Cc1ccc(CNC(=O)OCc2ccccc2)cc1. The zero-order valence-electron chi connectivity index (χ0n) is 13.9. The molecule has 0 saturated heterocycles. The van der Waals surface area contributed by atoms with Gasteiger partial charge in [-0.2, -0.15) is 0 Å². The van der Waals surface area contributed by atoms with E-state index in [-0.39, 0.29) is 18.9 Å². The molecule has 0 saturated carbocycles. The van der Waals surface area contributed by atoms with Gasteiger partial charge in [-0.05, 0) is 16.7 Å². The molecule has 0 aliphatic carbocycles. The highest BCUT2D eigenvalue weighted by Gasteiger charge is 2.16. The molecule has 2 rings (SSSR count). The smallest absolute Gasteiger partial charge is 0.407 e. The highest BCUT2D eigenvalue weighted by molar-refractivity contribution is 7.91. The Hall–Kier alpha value is -2.87. The van der Waals surface area contributed by atoms with Crippen molar-refractivity contribution in [1.82, 2.24) is 5.32 Å². The van der Waals surface area contributed by atoms with Crippen LogP contribution in [0.4, 0.5) is 4.79 Å². The first-order chi connectivity index (χ1) is 12.3. The summed E-state index contributed by atoms with van der Waals surface area (Å²) >= 11 is 0. The minimum atomic E-state index is -3.70. The van der Waals surface area contributed by atoms with Crippen LogP contribution in [0.5, 0.6) is 0 Å². The Morgan fingerprint density at radius 2 is 1.54 bits per heavy atom. The molecule has 2 aromatic carbocycles. The van der Waals surface area contributed by atoms with Gasteiger partial charge in [-0.1, -0.05) is 54.6 Å². The molecule has 0 heterocycles. The van der Waals surface area contributed by atoms with Crippen molar-refractivity contribution in [3.8, 4) is 0 Å². The number of carboxylic acids is 1. The van der Waals surface area contributed by atoms with Crippen molar-refractivity contribution in [1.29, 1.82) is 0 Å². The first-order valence-corrected chi connectivity index (χ1v) is 9.61. The largest absolute Gasteiger partial charge is 0.480 e. The van der Waals surface area contributed by atoms with Gasteiger partial charge in [0.05, 0.1) is 5.75 Å². The lowest BCUT2D eigenvalue weighted by Gasteiger charge is -2.08. The number of carbonyl (C=O) groups is 2. The summed E-state index contributed by atoms with van der Waals surface area (Å²) in [5.41, 5.74) is 2.14. The molecule has 1 amide bonds. The van der Waals surface area contributed by atoms with Crippen LogP contribution >= 0.6 is 0 Å². The van der Waals surface area contributed by atoms with Crippen molar-refractivity contribution >= 4 is 21.9 Å². The summed E-state index contributed by atoms with van der Waals surface area (Å²) in [5, 5.41) is 11.2. The molecule has 0 spiro atoms. The van der Waals surface area contributed by atoms with E-state index in [4.69, 9.17) is 9.84 Å². The number of hydrogen-bond donors (Lipinski definition) is 2. The van der Waals surface area contributed by atoms with Crippen LogP contribution in [0.25, 0.3) is 0 Å². The normalized spacial score (nSPS) is 10.9. The lowest BCUT2D eigenvalue weighted by atomic mass is 10.1. The molecule has 0 atom stereocenters. The quantitative estimate of drug-likeness (QED) is 0.729. The molecule has 26 heavy (non-hydrogen) atoms. The minimum absolute atomic E-state index is 0.174. The minimum Gasteiger partial charge on any atom is -0.480 e. The van der Waals surface area contributed by atoms with Gasteiger partial charge in [0.2, 0.25) is 0 Å². The maximum Gasteiger partial charge on any atom is 0.407 e. The summed E-state index contributed by atoms with van der Waals surface area (Å²) in [4.78, 5) is 22.2. The number of carbonyl (C=O) groups excluding carboxylic acids is 1. The molecule has 0 aliphatic heterocycles. The maximum absolute atomic E-state index is 11.7. The van der Waals surface area contributed by atoms with Gasteiger partial charge in [0, 0.05) is 6.54 Å². The van der Waals surface area contributed by atoms with Crippen LogP contribution in [0.2, 0.25) is 0 Å². The molecule has 7 nitrogen and oxygen atoms in total. The van der Waals surface area contributed by atoms with E-state index < -0.39 is 27.7 Å². The van der Waals surface area contributed by atoms with Crippen LogP contribution in [-0.2, 0) is 38.3 Å². The summed E-state index contributed by atoms with van der Waals surface area (Å²) in [5.74, 6) is -2.62. The number of ether oxygens (including phenoxy) is 1. The van der Waals surface area contributed by atoms with Crippen LogP contribution in [0.1, 0.15) is 16.7 Å². The molecular formula is C18H19NO6S. The van der Waals surface area contributed by atoms with Gasteiger partial charge in [-0.15, -0.1) is 0 Å². The van der Waals surface area contributed by atoms with Crippen molar-refractivity contribution in [2.45, 2.75) is 18.9 Å². The number of sulfone groups is 1. The predicted molar refractivity (Wildman–Crippen MR) is 95.0 cm³/mol. The molecule has 0 unspecified atom stereocenters. The summed E-state index contributed by atoms with van der Waals surface area (Å²) in [6.07, 6.45) is -0.554. The van der Waals surface area contributed by atoms with Crippen molar-refractivity contribution < 1.29 is 27.9 Å². The number of nitrogens with one attached hydrogen (secondary N) is 1. The zero-order valence-corrected chi connectivity index (χ0v) is 14.7. The topological polar surface area (TPSA) is 110 Å². The van der Waals surface area contributed by atoms with E-state index in [1.54, 1.807) is 24.3 Å². The Morgan fingerprint density at radius 1 is 0.923 bits per heavy atom. The Bertz CT molecular complexity index is 847. The van der Waals surface area contributed by atoms with E-state index in [1.807, 2.05) is 30.3 Å². The fourth-order valence-electron chi connectivity index (χ4n) is 2.19. The number of alkyl carbamates (subject to hydrolysis) is 1. The fourth-order valence-corrected chi connectivity index (χ4v) is 3.37. The zero-order chi connectivity index (χ0) is 19.0. The number of rotatable bonds is 8. The predicted octanol–water partition coefficient (Wildman–Crippen LogP) is 2.11. The van der Waals surface area contributed by atoms with E-state index in [9.17, 15) is 18.0 Å². The number of aliphatic carboxylic acids is 1. The maximum atomic E-state index is 11.7. The summed E-state index contributed by atoms with van der Waals surface area (Å²) < 4.78 is 28.4. The third-order valence-electron chi connectivity index (χ3n) is 3.40. The number of benzene rings is 2. The monoisotopic (exact) mass is 377 g/mol. The Labute approximate surface area is 151 Å². The molecule has 0 aliphatic rings. The van der Waals surface area contributed by atoms with E-state index in [2.05, 4.69) is 5.32 Å². The fraction of sp³-hybridized carbons (Fsp3) is 0.222. The van der Waals surface area contributed by atoms with E-state index in [0.29, 0.717) is 5.56 Å². The number of amides is 1. The van der Waals surface area contributed by atoms with Crippen molar-refractivity contribution in [3.63, 3.8) is 0 Å². The summed E-state index contributed by atoms with van der Waals surface area (Å²) in [6.45, 7) is 0.406. The van der Waals surface area contributed by atoms with Crippen LogP contribution in [0.3, 0.4) is 0 Å². The Balaban J connectivity index is 1.80. The molecule has 0 aromatic heterocycles. The highest BCUT2D eigenvalue weighted by Crippen LogP contribution is 2.09. The van der Waals surface area contributed by atoms with Crippen LogP contribution in [0.15, 0.2) is 54.6 Å². The van der Waals surface area contributed by atoms with Crippen LogP contribution < -0.4 is 5.32 Å². The van der Waals surface area contributed by atoms with Crippen LogP contribution in [-0.4, -0.2) is 31.3 Å². The molecule has 0 fully saturated rings. The van der Waals surface area contributed by atoms with Crippen LogP contribution in [0, 0.1) is 0 Å². The molecule has 0 bridgehead atoms. The molecule has 8 heteroatoms. The first kappa shape index (κ1) is 19.5. The number of carboxylic acid groups (broad SMARTS) is 1. The first-order valence-electron chi connectivity index (χ1n) is 7.79. The van der Waals surface area contributed by atoms with Crippen molar-refractivity contribution in [2.24, 2.45) is 0 Å². The van der Waals surface area contributed by atoms with E-state index in [0.717, 1.165) is 11.1 Å². The molecule has 2 aromatic rings. The molecular weight excluding hydrogens is 358 g/mol. The highest BCUT2D eigenvalue weighted by atomic mass is 32.2. The van der Waals surface area contributed by atoms with Gasteiger partial charge in [-0.25, -0.2) is 13.2 Å². The second-order valence-corrected chi connectivity index (χ2v) is 7.72. The van der Waals surface area contributed by atoms with Crippen molar-refractivity contribution in [2.75, 3.05) is 5.75 Å². The average molecular weight is 377 g/mol. The van der Waals surface area contributed by atoms with Gasteiger partial charge in [0.1, 0.15) is 12.4 Å².